The minimum atomic E-state index is -0.559. The number of rotatable bonds is 5. The first-order chi connectivity index (χ1) is 11.5. The lowest BCUT2D eigenvalue weighted by molar-refractivity contribution is 0.0651. The van der Waals surface area contributed by atoms with Crippen LogP contribution in [0.1, 0.15) is 30.6 Å². The van der Waals surface area contributed by atoms with Gasteiger partial charge in [-0.1, -0.05) is 6.07 Å². The summed E-state index contributed by atoms with van der Waals surface area (Å²) in [4.78, 5) is 13.8. The van der Waals surface area contributed by atoms with Crippen molar-refractivity contribution in [3.63, 3.8) is 0 Å². The quantitative estimate of drug-likeness (QED) is 0.823. The topological polar surface area (TPSA) is 38.8 Å². The molecule has 0 atom stereocenters. The lowest BCUT2D eigenvalue weighted by Crippen LogP contribution is -2.42. The molecule has 2 aromatic carbocycles. The Morgan fingerprint density at radius 1 is 1.12 bits per heavy atom. The Bertz CT molecular complexity index is 741. The zero-order chi connectivity index (χ0) is 17.1. The molecule has 24 heavy (non-hydrogen) atoms. The van der Waals surface area contributed by atoms with Gasteiger partial charge in [0.1, 0.15) is 11.5 Å². The number of hydrogen-bond donors (Lipinski definition) is 0. The van der Waals surface area contributed by atoms with Gasteiger partial charge in [-0.05, 0) is 50.6 Å². The molecule has 1 aliphatic rings. The molecule has 0 aliphatic carbocycles. The van der Waals surface area contributed by atoms with E-state index < -0.39 is 5.82 Å². The summed E-state index contributed by atoms with van der Waals surface area (Å²) in [7, 11) is 0. The molecule has 4 nitrogen and oxygen atoms in total. The highest BCUT2D eigenvalue weighted by molar-refractivity contribution is 5.94. The van der Waals surface area contributed by atoms with Crippen LogP contribution in [0, 0.1) is 5.82 Å². The fraction of sp³-hybridized carbons (Fsp3) is 0.316. The van der Waals surface area contributed by atoms with Gasteiger partial charge in [0.15, 0.2) is 11.6 Å². The minimum Gasteiger partial charge on any atom is -0.491 e. The second-order valence-electron chi connectivity index (χ2n) is 6.03. The van der Waals surface area contributed by atoms with Crippen molar-refractivity contribution in [1.82, 2.24) is 4.90 Å². The molecule has 0 aromatic heterocycles. The standard InChI is InChI=1S/C19H20FNO3/c1-13(2)23-15-5-3-6-16(12-15)24-18-8-7-14(11-17(18)20)19(22)21-9-4-10-21/h3,5-8,11-13H,4,9-10H2,1-2H3. The van der Waals surface area contributed by atoms with Crippen molar-refractivity contribution in [1.29, 1.82) is 0 Å². The smallest absolute Gasteiger partial charge is 0.253 e. The molecule has 0 radical (unpaired) electrons. The van der Waals surface area contributed by atoms with E-state index in [1.807, 2.05) is 19.9 Å². The lowest BCUT2D eigenvalue weighted by atomic mass is 10.1. The zero-order valence-electron chi connectivity index (χ0n) is 13.8. The minimum absolute atomic E-state index is 0.0452. The summed E-state index contributed by atoms with van der Waals surface area (Å²) >= 11 is 0. The van der Waals surface area contributed by atoms with Gasteiger partial charge >= 0.3 is 0 Å². The van der Waals surface area contributed by atoms with Crippen molar-refractivity contribution < 1.29 is 18.7 Å². The highest BCUT2D eigenvalue weighted by atomic mass is 19.1. The van der Waals surface area contributed by atoms with E-state index in [1.165, 1.54) is 12.1 Å². The maximum atomic E-state index is 14.3. The van der Waals surface area contributed by atoms with Crippen LogP contribution in [0.3, 0.4) is 0 Å². The van der Waals surface area contributed by atoms with Crippen LogP contribution >= 0.6 is 0 Å². The number of likely N-dealkylation sites (tertiary alicyclic amines) is 1. The zero-order valence-corrected chi connectivity index (χ0v) is 13.8. The van der Waals surface area contributed by atoms with Gasteiger partial charge in [-0.25, -0.2) is 4.39 Å². The van der Waals surface area contributed by atoms with E-state index in [0.29, 0.717) is 17.1 Å². The van der Waals surface area contributed by atoms with Crippen molar-refractivity contribution in [3.8, 4) is 17.2 Å². The Morgan fingerprint density at radius 2 is 1.88 bits per heavy atom. The summed E-state index contributed by atoms with van der Waals surface area (Å²) in [6.07, 6.45) is 1.05. The summed E-state index contributed by atoms with van der Waals surface area (Å²) in [6, 6.07) is 11.3. The summed E-state index contributed by atoms with van der Waals surface area (Å²) < 4.78 is 25.4. The first-order valence-corrected chi connectivity index (χ1v) is 8.06. The molecule has 1 fully saturated rings. The van der Waals surface area contributed by atoms with Crippen LogP contribution < -0.4 is 9.47 Å². The second-order valence-corrected chi connectivity index (χ2v) is 6.03. The molecule has 126 valence electrons. The largest absolute Gasteiger partial charge is 0.491 e. The molecule has 0 bridgehead atoms. The highest BCUT2D eigenvalue weighted by Crippen LogP contribution is 2.28. The number of ether oxygens (including phenoxy) is 2. The van der Waals surface area contributed by atoms with Gasteiger partial charge in [-0.15, -0.1) is 0 Å². The molecule has 5 heteroatoms. The van der Waals surface area contributed by atoms with Gasteiger partial charge in [-0.3, -0.25) is 4.79 Å². The first-order valence-electron chi connectivity index (χ1n) is 8.06. The van der Waals surface area contributed by atoms with E-state index in [2.05, 4.69) is 0 Å². The molecule has 0 unspecified atom stereocenters. The van der Waals surface area contributed by atoms with Crippen molar-refractivity contribution in [2.75, 3.05) is 13.1 Å². The van der Waals surface area contributed by atoms with Gasteiger partial charge in [0.25, 0.3) is 5.91 Å². The van der Waals surface area contributed by atoms with Crippen LogP contribution in [0.4, 0.5) is 4.39 Å². The SMILES string of the molecule is CC(C)Oc1cccc(Oc2ccc(C(=O)N3CCC3)cc2F)c1. The Labute approximate surface area is 140 Å². The Kier molecular flexibility index (Phi) is 4.69. The van der Waals surface area contributed by atoms with Crippen LogP contribution in [-0.2, 0) is 0 Å². The summed E-state index contributed by atoms with van der Waals surface area (Å²) in [5, 5.41) is 0. The molecule has 0 saturated carbocycles. The highest BCUT2D eigenvalue weighted by Gasteiger charge is 2.22. The normalized spacial score (nSPS) is 13.6. The fourth-order valence-electron chi connectivity index (χ4n) is 2.43. The van der Waals surface area contributed by atoms with Crippen LogP contribution in [0.5, 0.6) is 17.2 Å². The van der Waals surface area contributed by atoms with E-state index >= 15 is 0 Å². The predicted molar refractivity (Wildman–Crippen MR) is 89.2 cm³/mol. The Hall–Kier alpha value is -2.56. The van der Waals surface area contributed by atoms with Crippen LogP contribution in [0.2, 0.25) is 0 Å². The van der Waals surface area contributed by atoms with Gasteiger partial charge in [0, 0.05) is 24.7 Å². The maximum absolute atomic E-state index is 14.3. The van der Waals surface area contributed by atoms with Crippen molar-refractivity contribution >= 4 is 5.91 Å². The van der Waals surface area contributed by atoms with E-state index in [0.717, 1.165) is 19.5 Å². The Balaban J connectivity index is 1.74. The molecule has 1 saturated heterocycles. The number of hydrogen-bond acceptors (Lipinski definition) is 3. The molecule has 1 heterocycles. The maximum Gasteiger partial charge on any atom is 0.253 e. The number of carbonyl (C=O) groups excluding carboxylic acids is 1. The van der Waals surface area contributed by atoms with Crippen LogP contribution in [-0.4, -0.2) is 30.0 Å². The molecule has 1 amide bonds. The summed E-state index contributed by atoms with van der Waals surface area (Å²) in [5.41, 5.74) is 0.344. The van der Waals surface area contributed by atoms with Gasteiger partial charge in [-0.2, -0.15) is 0 Å². The summed E-state index contributed by atoms with van der Waals surface area (Å²) in [5.74, 6) is 0.522. The summed E-state index contributed by atoms with van der Waals surface area (Å²) in [6.45, 7) is 5.34. The number of amides is 1. The van der Waals surface area contributed by atoms with Crippen molar-refractivity contribution in [2.24, 2.45) is 0 Å². The number of halogens is 1. The molecule has 0 spiro atoms. The van der Waals surface area contributed by atoms with Gasteiger partial charge in [0.05, 0.1) is 6.10 Å². The number of nitrogens with zero attached hydrogens (tertiary/aromatic N) is 1. The van der Waals surface area contributed by atoms with Crippen molar-refractivity contribution in [3.05, 3.63) is 53.8 Å². The third-order valence-electron chi connectivity index (χ3n) is 3.73. The first kappa shape index (κ1) is 16.3. The predicted octanol–water partition coefficient (Wildman–Crippen LogP) is 4.25. The molecule has 0 N–H and O–H groups in total. The molecular weight excluding hydrogens is 309 g/mol. The average Bonchev–Trinajstić information content (AvgIpc) is 2.47. The van der Waals surface area contributed by atoms with Crippen LogP contribution in [0.25, 0.3) is 0 Å². The van der Waals surface area contributed by atoms with Crippen LogP contribution in [0.15, 0.2) is 42.5 Å². The van der Waals surface area contributed by atoms with Gasteiger partial charge < -0.3 is 14.4 Å². The van der Waals surface area contributed by atoms with E-state index in [1.54, 1.807) is 29.2 Å². The molecule has 2 aromatic rings. The molecule has 1 aliphatic heterocycles. The third-order valence-corrected chi connectivity index (χ3v) is 3.73. The van der Waals surface area contributed by atoms with E-state index in [9.17, 15) is 9.18 Å². The second kappa shape index (κ2) is 6.91. The number of carbonyl (C=O) groups is 1. The monoisotopic (exact) mass is 329 g/mol. The lowest BCUT2D eigenvalue weighted by Gasteiger charge is -2.30. The molecule has 3 rings (SSSR count). The van der Waals surface area contributed by atoms with E-state index in [-0.39, 0.29) is 17.8 Å². The third kappa shape index (κ3) is 3.67. The fourth-order valence-corrected chi connectivity index (χ4v) is 2.43. The molecular formula is C19H20FNO3. The van der Waals surface area contributed by atoms with Crippen molar-refractivity contribution in [2.45, 2.75) is 26.4 Å². The van der Waals surface area contributed by atoms with E-state index in [4.69, 9.17) is 9.47 Å². The Morgan fingerprint density at radius 3 is 2.50 bits per heavy atom. The van der Waals surface area contributed by atoms with Gasteiger partial charge in [0.2, 0.25) is 0 Å². The number of benzene rings is 2. The average molecular weight is 329 g/mol.